The quantitative estimate of drug-likeness (QED) is 0.572. The highest BCUT2D eigenvalue weighted by atomic mass is 35.5. The second-order valence-electron chi connectivity index (χ2n) is 4.14. The third kappa shape index (κ3) is 2.01. The first-order valence-corrected chi connectivity index (χ1v) is 4.47. The third-order valence-corrected chi connectivity index (χ3v) is 2.35. The van der Waals surface area contributed by atoms with Gasteiger partial charge in [0.1, 0.15) is 0 Å². The molecular formula is C11H14Cl. The van der Waals surface area contributed by atoms with Crippen molar-refractivity contribution >= 4 is 11.6 Å². The minimum absolute atomic E-state index is 0.186. The molecule has 0 unspecified atom stereocenters. The fourth-order valence-electron chi connectivity index (χ4n) is 1.03. The Morgan fingerprint density at radius 2 is 1.92 bits per heavy atom. The summed E-state index contributed by atoms with van der Waals surface area (Å²) in [6.07, 6.45) is 0. The Labute approximate surface area is 79.6 Å². The van der Waals surface area contributed by atoms with Crippen molar-refractivity contribution in [2.45, 2.75) is 33.1 Å². The van der Waals surface area contributed by atoms with Gasteiger partial charge < -0.3 is 0 Å². The van der Waals surface area contributed by atoms with Gasteiger partial charge in [-0.1, -0.05) is 38.4 Å². The van der Waals surface area contributed by atoms with E-state index in [9.17, 15) is 0 Å². The normalized spacial score (nSPS) is 11.8. The summed E-state index contributed by atoms with van der Waals surface area (Å²) in [4.78, 5) is 0. The maximum absolute atomic E-state index is 5.88. The maximum Gasteiger partial charge on any atom is 0.0514 e. The minimum Gasteiger partial charge on any atom is -0.0834 e. The molecular weight excluding hydrogens is 168 g/mol. The molecule has 0 bridgehead atoms. The minimum atomic E-state index is 0.186. The fourth-order valence-corrected chi connectivity index (χ4v) is 1.14. The van der Waals surface area contributed by atoms with Gasteiger partial charge in [0, 0.05) is 6.07 Å². The Morgan fingerprint density at radius 1 is 1.33 bits per heavy atom. The number of hydrogen-bond donors (Lipinski definition) is 0. The zero-order valence-electron chi connectivity index (χ0n) is 8.03. The predicted octanol–water partition coefficient (Wildman–Crippen LogP) is 3.75. The van der Waals surface area contributed by atoms with Gasteiger partial charge in [-0.25, -0.2) is 0 Å². The summed E-state index contributed by atoms with van der Waals surface area (Å²) in [7, 11) is 0. The van der Waals surface area contributed by atoms with Gasteiger partial charge in [-0.15, -0.1) is 0 Å². The first-order chi connectivity index (χ1) is 5.41. The molecule has 1 heteroatoms. The second-order valence-corrected chi connectivity index (χ2v) is 4.51. The lowest BCUT2D eigenvalue weighted by Crippen LogP contribution is -2.10. The van der Waals surface area contributed by atoms with Crippen LogP contribution in [0.4, 0.5) is 0 Å². The molecule has 1 aromatic carbocycles. The third-order valence-electron chi connectivity index (χ3n) is 1.94. The summed E-state index contributed by atoms with van der Waals surface area (Å²) in [5.41, 5.74) is 2.57. The van der Waals surface area contributed by atoms with E-state index in [4.69, 9.17) is 11.6 Å². The lowest BCUT2D eigenvalue weighted by atomic mass is 9.86. The van der Waals surface area contributed by atoms with Crippen molar-refractivity contribution in [1.29, 1.82) is 0 Å². The van der Waals surface area contributed by atoms with Crippen LogP contribution in [0.2, 0.25) is 5.02 Å². The number of aryl methyl sites for hydroxylation is 1. The van der Waals surface area contributed by atoms with Gasteiger partial charge in [-0.2, -0.15) is 0 Å². The largest absolute Gasteiger partial charge is 0.0834 e. The van der Waals surface area contributed by atoms with Crippen LogP contribution in [0.3, 0.4) is 0 Å². The van der Waals surface area contributed by atoms with Crippen molar-refractivity contribution in [3.63, 3.8) is 0 Å². The predicted molar refractivity (Wildman–Crippen MR) is 53.7 cm³/mol. The zero-order chi connectivity index (χ0) is 9.35. The summed E-state index contributed by atoms with van der Waals surface area (Å²) >= 11 is 5.88. The number of hydrogen-bond acceptors (Lipinski definition) is 0. The number of benzene rings is 1. The van der Waals surface area contributed by atoms with E-state index in [1.54, 1.807) is 0 Å². The fraction of sp³-hybridized carbons (Fsp3) is 0.455. The van der Waals surface area contributed by atoms with Crippen molar-refractivity contribution in [3.8, 4) is 0 Å². The summed E-state index contributed by atoms with van der Waals surface area (Å²) in [5.74, 6) is 0. The summed E-state index contributed by atoms with van der Waals surface area (Å²) < 4.78 is 0. The molecule has 0 N–H and O–H groups in total. The monoisotopic (exact) mass is 181 g/mol. The molecule has 1 radical (unpaired) electrons. The standard InChI is InChI=1S/C11H14Cl/c1-8-7-9(11(2,3)4)5-6-10(8)12/h5,7H,1-4H3. The van der Waals surface area contributed by atoms with Crippen LogP contribution >= 0.6 is 11.6 Å². The van der Waals surface area contributed by atoms with Crippen LogP contribution in [-0.2, 0) is 5.41 Å². The molecule has 0 spiro atoms. The highest BCUT2D eigenvalue weighted by molar-refractivity contribution is 6.31. The van der Waals surface area contributed by atoms with Crippen molar-refractivity contribution < 1.29 is 0 Å². The Balaban J connectivity index is 3.14. The van der Waals surface area contributed by atoms with Crippen molar-refractivity contribution in [1.82, 2.24) is 0 Å². The van der Waals surface area contributed by atoms with Gasteiger partial charge >= 0.3 is 0 Å². The van der Waals surface area contributed by atoms with E-state index < -0.39 is 0 Å². The molecule has 0 saturated heterocycles. The average Bonchev–Trinajstić information content (AvgIpc) is 1.92. The molecule has 0 atom stereocenters. The summed E-state index contributed by atoms with van der Waals surface area (Å²) in [6, 6.07) is 7.13. The van der Waals surface area contributed by atoms with Crippen LogP contribution in [0.25, 0.3) is 0 Å². The Bertz CT molecular complexity index is 282. The molecule has 12 heavy (non-hydrogen) atoms. The Hall–Kier alpha value is -0.490. The molecule has 0 aliphatic carbocycles. The molecule has 0 nitrogen and oxygen atoms in total. The number of rotatable bonds is 0. The molecule has 0 aromatic heterocycles. The molecule has 0 aliphatic heterocycles. The van der Waals surface area contributed by atoms with Crippen LogP contribution in [0, 0.1) is 13.0 Å². The molecule has 0 heterocycles. The molecule has 1 aromatic rings. The highest BCUT2D eigenvalue weighted by Gasteiger charge is 2.13. The van der Waals surface area contributed by atoms with E-state index in [0.29, 0.717) is 0 Å². The van der Waals surface area contributed by atoms with Crippen LogP contribution in [-0.4, -0.2) is 0 Å². The smallest absolute Gasteiger partial charge is 0.0514 e. The van der Waals surface area contributed by atoms with Crippen molar-refractivity contribution in [3.05, 3.63) is 34.3 Å². The van der Waals surface area contributed by atoms with Crippen LogP contribution in [0.1, 0.15) is 31.9 Å². The van der Waals surface area contributed by atoms with E-state index in [1.165, 1.54) is 5.56 Å². The van der Waals surface area contributed by atoms with E-state index in [1.807, 2.05) is 13.0 Å². The SMILES string of the molecule is Cc1cc(C(C)(C)C)c[c]c1Cl. The summed E-state index contributed by atoms with van der Waals surface area (Å²) in [5, 5.41) is 0.725. The van der Waals surface area contributed by atoms with Crippen molar-refractivity contribution in [2.24, 2.45) is 0 Å². The molecule has 0 saturated carbocycles. The van der Waals surface area contributed by atoms with Gasteiger partial charge in [-0.05, 0) is 29.5 Å². The molecule has 0 amide bonds. The van der Waals surface area contributed by atoms with Crippen LogP contribution in [0.5, 0.6) is 0 Å². The van der Waals surface area contributed by atoms with Crippen LogP contribution < -0.4 is 0 Å². The van der Waals surface area contributed by atoms with E-state index in [2.05, 4.69) is 32.9 Å². The molecule has 0 fully saturated rings. The van der Waals surface area contributed by atoms with E-state index in [0.717, 1.165) is 10.6 Å². The van der Waals surface area contributed by atoms with Gasteiger partial charge in [0.15, 0.2) is 0 Å². The highest BCUT2D eigenvalue weighted by Crippen LogP contribution is 2.25. The van der Waals surface area contributed by atoms with Crippen molar-refractivity contribution in [2.75, 3.05) is 0 Å². The molecule has 65 valence electrons. The molecule has 1 rings (SSSR count). The number of halogens is 1. The first kappa shape index (κ1) is 9.60. The Morgan fingerprint density at radius 3 is 2.33 bits per heavy atom. The summed E-state index contributed by atoms with van der Waals surface area (Å²) in [6.45, 7) is 8.56. The van der Waals surface area contributed by atoms with Gasteiger partial charge in [0.2, 0.25) is 0 Å². The first-order valence-electron chi connectivity index (χ1n) is 4.09. The van der Waals surface area contributed by atoms with E-state index >= 15 is 0 Å². The zero-order valence-corrected chi connectivity index (χ0v) is 8.79. The maximum atomic E-state index is 5.88. The second kappa shape index (κ2) is 3.10. The lowest BCUT2D eigenvalue weighted by molar-refractivity contribution is 0.589. The lowest BCUT2D eigenvalue weighted by Gasteiger charge is -2.19. The van der Waals surface area contributed by atoms with Gasteiger partial charge in [0.05, 0.1) is 5.02 Å². The van der Waals surface area contributed by atoms with Gasteiger partial charge in [0.25, 0.3) is 0 Å². The van der Waals surface area contributed by atoms with Gasteiger partial charge in [-0.3, -0.25) is 0 Å². The van der Waals surface area contributed by atoms with Crippen LogP contribution in [0.15, 0.2) is 12.1 Å². The Kier molecular flexibility index (Phi) is 2.48. The van der Waals surface area contributed by atoms with E-state index in [-0.39, 0.29) is 5.41 Å². The average molecular weight is 182 g/mol. The molecule has 0 aliphatic rings. The topological polar surface area (TPSA) is 0 Å².